The summed E-state index contributed by atoms with van der Waals surface area (Å²) in [4.78, 5) is 23.5. The molecule has 0 unspecified atom stereocenters. The van der Waals surface area contributed by atoms with Gasteiger partial charge in [-0.3, -0.25) is 4.79 Å². The molecule has 2 N–H and O–H groups in total. The zero-order chi connectivity index (χ0) is 19.4. The van der Waals surface area contributed by atoms with Crippen LogP contribution in [0.25, 0.3) is 10.9 Å². The Balaban J connectivity index is 1.79. The molecule has 1 aliphatic rings. The average Bonchev–Trinajstić information content (AvgIpc) is 2.71. The quantitative estimate of drug-likeness (QED) is 0.798. The molecule has 1 fully saturated rings. The maximum atomic E-state index is 12.3. The number of nitrogens with zero attached hydrogens (tertiary/aromatic N) is 3. The molecule has 1 aliphatic heterocycles. The molecule has 1 aromatic heterocycles. The van der Waals surface area contributed by atoms with Crippen LogP contribution in [0.5, 0.6) is 11.5 Å². The third-order valence-corrected chi connectivity index (χ3v) is 5.23. The number of aromatic nitrogens is 2. The van der Waals surface area contributed by atoms with Crippen LogP contribution in [0.2, 0.25) is 0 Å². The molecule has 1 aromatic carbocycles. The first-order valence-electron chi connectivity index (χ1n) is 9.54. The predicted molar refractivity (Wildman–Crippen MR) is 107 cm³/mol. The highest BCUT2D eigenvalue weighted by Crippen LogP contribution is 2.34. The molecule has 27 heavy (non-hydrogen) atoms. The van der Waals surface area contributed by atoms with Crippen LogP contribution in [0, 0.1) is 5.92 Å². The van der Waals surface area contributed by atoms with Crippen molar-refractivity contribution in [3.8, 4) is 11.5 Å². The second-order valence-electron chi connectivity index (χ2n) is 6.96. The number of hydrogen-bond donors (Lipinski definition) is 1. The first-order valence-corrected chi connectivity index (χ1v) is 9.54. The molecule has 7 heteroatoms. The van der Waals surface area contributed by atoms with Gasteiger partial charge in [0.15, 0.2) is 11.5 Å². The minimum Gasteiger partial charge on any atom is -0.493 e. The SMILES string of the molecule is CCCCC(=O)C1CCN(c2nc(N)c3cc(OC)c(OC)cc3n2)CC1. The Labute approximate surface area is 159 Å². The molecule has 0 amide bonds. The van der Waals surface area contributed by atoms with Crippen molar-refractivity contribution >= 4 is 28.5 Å². The Bertz CT molecular complexity index is 816. The van der Waals surface area contributed by atoms with Crippen LogP contribution in [0.1, 0.15) is 39.0 Å². The van der Waals surface area contributed by atoms with Gasteiger partial charge in [-0.05, 0) is 25.3 Å². The number of nitrogens with two attached hydrogens (primary N) is 1. The van der Waals surface area contributed by atoms with E-state index in [2.05, 4.69) is 21.8 Å². The molecule has 7 nitrogen and oxygen atoms in total. The summed E-state index contributed by atoms with van der Waals surface area (Å²) in [5.74, 6) is 2.78. The van der Waals surface area contributed by atoms with Crippen molar-refractivity contribution in [2.24, 2.45) is 5.92 Å². The fraction of sp³-hybridized carbons (Fsp3) is 0.550. The van der Waals surface area contributed by atoms with Gasteiger partial charge in [-0.15, -0.1) is 0 Å². The largest absolute Gasteiger partial charge is 0.493 e. The van der Waals surface area contributed by atoms with E-state index in [1.165, 1.54) is 0 Å². The number of methoxy groups -OCH3 is 2. The molecule has 3 rings (SSSR count). The molecule has 0 saturated carbocycles. The van der Waals surface area contributed by atoms with Crippen LogP contribution in [0.3, 0.4) is 0 Å². The van der Waals surface area contributed by atoms with Crippen molar-refractivity contribution in [1.82, 2.24) is 9.97 Å². The number of nitrogen functional groups attached to an aromatic ring is 1. The van der Waals surface area contributed by atoms with Crippen LogP contribution >= 0.6 is 0 Å². The van der Waals surface area contributed by atoms with Crippen LogP contribution in [0.15, 0.2) is 12.1 Å². The number of piperidine rings is 1. The van der Waals surface area contributed by atoms with Crippen LogP contribution in [-0.4, -0.2) is 43.1 Å². The number of unbranched alkanes of at least 4 members (excludes halogenated alkanes) is 1. The summed E-state index contributed by atoms with van der Waals surface area (Å²) in [6, 6.07) is 3.61. The van der Waals surface area contributed by atoms with Gasteiger partial charge in [-0.25, -0.2) is 4.98 Å². The summed E-state index contributed by atoms with van der Waals surface area (Å²) in [5.41, 5.74) is 6.90. The highest BCUT2D eigenvalue weighted by atomic mass is 16.5. The predicted octanol–water partition coefficient (Wildman–Crippen LogP) is 3.20. The molecule has 0 radical (unpaired) electrons. The standard InChI is InChI=1S/C20H28N4O3/c1-4-5-6-16(25)13-7-9-24(10-8-13)20-22-15-12-18(27-3)17(26-2)11-14(15)19(21)23-20/h11-13H,4-10H2,1-3H3,(H2,21,22,23). The lowest BCUT2D eigenvalue weighted by Gasteiger charge is -2.31. The molecule has 0 bridgehead atoms. The number of rotatable bonds is 7. The smallest absolute Gasteiger partial charge is 0.227 e. The first kappa shape index (κ1) is 19.2. The van der Waals surface area contributed by atoms with Crippen molar-refractivity contribution in [3.05, 3.63) is 12.1 Å². The van der Waals surface area contributed by atoms with Crippen molar-refractivity contribution < 1.29 is 14.3 Å². The Morgan fingerprint density at radius 2 is 1.85 bits per heavy atom. The van der Waals surface area contributed by atoms with Crippen molar-refractivity contribution in [1.29, 1.82) is 0 Å². The van der Waals surface area contributed by atoms with E-state index in [9.17, 15) is 4.79 Å². The number of hydrogen-bond acceptors (Lipinski definition) is 7. The first-order chi connectivity index (χ1) is 13.1. The lowest BCUT2D eigenvalue weighted by atomic mass is 9.90. The van der Waals surface area contributed by atoms with Gasteiger partial charge in [-0.1, -0.05) is 13.3 Å². The van der Waals surface area contributed by atoms with E-state index in [1.807, 2.05) is 6.07 Å². The Morgan fingerprint density at radius 3 is 2.48 bits per heavy atom. The van der Waals surface area contributed by atoms with Gasteiger partial charge >= 0.3 is 0 Å². The number of ketones is 1. The second-order valence-corrected chi connectivity index (χ2v) is 6.96. The highest BCUT2D eigenvalue weighted by Gasteiger charge is 2.26. The summed E-state index contributed by atoms with van der Waals surface area (Å²) in [6.07, 6.45) is 4.42. The summed E-state index contributed by atoms with van der Waals surface area (Å²) in [5, 5.41) is 0.737. The third-order valence-electron chi connectivity index (χ3n) is 5.23. The van der Waals surface area contributed by atoms with Gasteiger partial charge in [0.05, 0.1) is 19.7 Å². The minimum atomic E-state index is 0.162. The summed E-state index contributed by atoms with van der Waals surface area (Å²) < 4.78 is 10.7. The molecule has 0 atom stereocenters. The van der Waals surface area contributed by atoms with Gasteiger partial charge < -0.3 is 20.1 Å². The van der Waals surface area contributed by atoms with Gasteiger partial charge in [0, 0.05) is 36.9 Å². The van der Waals surface area contributed by atoms with Crippen LogP contribution < -0.4 is 20.1 Å². The zero-order valence-electron chi connectivity index (χ0n) is 16.3. The molecule has 0 aliphatic carbocycles. The number of ether oxygens (including phenoxy) is 2. The van der Waals surface area contributed by atoms with E-state index < -0.39 is 0 Å². The van der Waals surface area contributed by atoms with Crippen molar-refractivity contribution in [3.63, 3.8) is 0 Å². The maximum absolute atomic E-state index is 12.3. The summed E-state index contributed by atoms with van der Waals surface area (Å²) >= 11 is 0. The van der Waals surface area contributed by atoms with Crippen LogP contribution in [-0.2, 0) is 4.79 Å². The summed E-state index contributed by atoms with van der Waals surface area (Å²) in [6.45, 7) is 3.64. The van der Waals surface area contributed by atoms with E-state index in [1.54, 1.807) is 20.3 Å². The third kappa shape index (κ3) is 4.07. The van der Waals surface area contributed by atoms with Gasteiger partial charge in [-0.2, -0.15) is 4.98 Å². The van der Waals surface area contributed by atoms with Crippen molar-refractivity contribution in [2.45, 2.75) is 39.0 Å². The number of anilines is 2. The second kappa shape index (κ2) is 8.41. The molecule has 1 saturated heterocycles. The number of Topliss-reactive ketones (excluding diaryl/α,β-unsaturated/α-hetero) is 1. The van der Waals surface area contributed by atoms with E-state index in [-0.39, 0.29) is 5.92 Å². The maximum Gasteiger partial charge on any atom is 0.227 e. The lowest BCUT2D eigenvalue weighted by molar-refractivity contribution is -0.123. The van der Waals surface area contributed by atoms with E-state index >= 15 is 0 Å². The van der Waals surface area contributed by atoms with Crippen molar-refractivity contribution in [2.75, 3.05) is 37.9 Å². The lowest BCUT2D eigenvalue weighted by Crippen LogP contribution is -2.37. The Morgan fingerprint density at radius 1 is 1.19 bits per heavy atom. The Hall–Kier alpha value is -2.57. The molecule has 2 heterocycles. The fourth-order valence-corrected chi connectivity index (χ4v) is 3.56. The number of carbonyl (C=O) groups is 1. The van der Waals surface area contributed by atoms with E-state index in [0.29, 0.717) is 35.5 Å². The number of benzene rings is 1. The van der Waals surface area contributed by atoms with Gasteiger partial charge in [0.1, 0.15) is 11.6 Å². The van der Waals surface area contributed by atoms with Crippen LogP contribution in [0.4, 0.5) is 11.8 Å². The molecular formula is C20H28N4O3. The molecule has 0 spiro atoms. The topological polar surface area (TPSA) is 90.6 Å². The minimum absolute atomic E-state index is 0.162. The monoisotopic (exact) mass is 372 g/mol. The zero-order valence-corrected chi connectivity index (χ0v) is 16.3. The van der Waals surface area contributed by atoms with E-state index in [4.69, 9.17) is 15.2 Å². The molecule has 2 aromatic rings. The molecular weight excluding hydrogens is 344 g/mol. The summed E-state index contributed by atoms with van der Waals surface area (Å²) in [7, 11) is 3.18. The highest BCUT2D eigenvalue weighted by molar-refractivity contribution is 5.91. The number of carbonyl (C=O) groups excluding carboxylic acids is 1. The van der Waals surface area contributed by atoms with Gasteiger partial charge in [0.25, 0.3) is 0 Å². The Kier molecular flexibility index (Phi) is 5.98. The number of fused-ring (bicyclic) bond motifs is 1. The normalized spacial score (nSPS) is 15.1. The van der Waals surface area contributed by atoms with Gasteiger partial charge in [0.2, 0.25) is 5.95 Å². The van der Waals surface area contributed by atoms with E-state index in [0.717, 1.165) is 49.7 Å². The fourth-order valence-electron chi connectivity index (χ4n) is 3.56. The molecule has 146 valence electrons. The average molecular weight is 372 g/mol.